The van der Waals surface area contributed by atoms with Gasteiger partial charge < -0.3 is 32.3 Å². The number of rotatable bonds is 5. The first-order valence-corrected chi connectivity index (χ1v) is 9.35. The fraction of sp³-hybridized carbons (Fsp3) is 0.353. The van der Waals surface area contributed by atoms with Crippen molar-refractivity contribution in [2.24, 2.45) is 5.73 Å². The molecule has 2 amide bonds. The summed E-state index contributed by atoms with van der Waals surface area (Å²) in [7, 11) is 0. The van der Waals surface area contributed by atoms with Gasteiger partial charge in [-0.25, -0.2) is 9.97 Å². The molecule has 0 unspecified atom stereocenters. The van der Waals surface area contributed by atoms with Crippen LogP contribution in [0.15, 0.2) is 18.5 Å². The van der Waals surface area contributed by atoms with Crippen molar-refractivity contribution in [3.05, 3.63) is 29.3 Å². The molecule has 12 heteroatoms. The summed E-state index contributed by atoms with van der Waals surface area (Å²) < 4.78 is 0. The predicted octanol–water partition coefficient (Wildman–Crippen LogP) is -0.0609. The molecule has 3 heterocycles. The van der Waals surface area contributed by atoms with Gasteiger partial charge in [0, 0.05) is 45.3 Å². The first-order chi connectivity index (χ1) is 13.9. The maximum Gasteiger partial charge on any atom is 0.278 e. The number of carbonyl (C=O) groups excluding carboxylic acids is 2. The fourth-order valence-electron chi connectivity index (χ4n) is 3.03. The summed E-state index contributed by atoms with van der Waals surface area (Å²) in [5.41, 5.74) is 17.9. The van der Waals surface area contributed by atoms with Gasteiger partial charge in [-0.3, -0.25) is 14.6 Å². The Hall–Kier alpha value is -3.18. The van der Waals surface area contributed by atoms with Gasteiger partial charge in [0.25, 0.3) is 5.91 Å². The smallest absolute Gasteiger partial charge is 0.278 e. The lowest BCUT2D eigenvalue weighted by Gasteiger charge is -2.36. The molecule has 0 atom stereocenters. The quantitative estimate of drug-likeness (QED) is 0.518. The number of amides is 2. The zero-order valence-corrected chi connectivity index (χ0v) is 16.4. The summed E-state index contributed by atoms with van der Waals surface area (Å²) in [4.78, 5) is 40.3. The molecule has 0 bridgehead atoms. The summed E-state index contributed by atoms with van der Waals surface area (Å²) in [6, 6.07) is 1.79. The Balaban J connectivity index is 1.74. The van der Waals surface area contributed by atoms with Gasteiger partial charge in [0.1, 0.15) is 0 Å². The van der Waals surface area contributed by atoms with Crippen molar-refractivity contribution in [3.8, 4) is 0 Å². The molecule has 2 aromatic heterocycles. The van der Waals surface area contributed by atoms with Crippen LogP contribution in [0.1, 0.15) is 16.9 Å². The van der Waals surface area contributed by atoms with E-state index in [9.17, 15) is 9.59 Å². The van der Waals surface area contributed by atoms with E-state index in [0.717, 1.165) is 5.69 Å². The number of nitrogens with one attached hydrogen (secondary N) is 1. The van der Waals surface area contributed by atoms with Crippen LogP contribution in [0.3, 0.4) is 0 Å². The highest BCUT2D eigenvalue weighted by atomic mass is 35.5. The molecule has 154 valence electrons. The number of carbonyl (C=O) groups is 2. The number of aromatic nitrogens is 3. The Morgan fingerprint density at radius 1 is 1.14 bits per heavy atom. The summed E-state index contributed by atoms with van der Waals surface area (Å²) in [6.45, 7) is 2.69. The van der Waals surface area contributed by atoms with Gasteiger partial charge in [-0.2, -0.15) is 0 Å². The van der Waals surface area contributed by atoms with E-state index >= 15 is 0 Å². The Kier molecular flexibility index (Phi) is 6.29. The molecule has 0 aromatic carbocycles. The fourth-order valence-corrected chi connectivity index (χ4v) is 3.15. The summed E-state index contributed by atoms with van der Waals surface area (Å²) in [5, 5.41) is 2.64. The topological polar surface area (TPSA) is 169 Å². The molecular weight excluding hydrogens is 398 g/mol. The lowest BCUT2D eigenvalue weighted by molar-refractivity contribution is -0.131. The molecule has 29 heavy (non-hydrogen) atoms. The average Bonchev–Trinajstić information content (AvgIpc) is 2.71. The first-order valence-electron chi connectivity index (χ1n) is 8.97. The normalized spacial score (nSPS) is 14.0. The second-order valence-electron chi connectivity index (χ2n) is 6.39. The number of nitrogen functional groups attached to an aromatic ring is 2. The lowest BCUT2D eigenvalue weighted by atomic mass is 10.2. The minimum atomic E-state index is -0.581. The van der Waals surface area contributed by atoms with Gasteiger partial charge in [0.15, 0.2) is 22.5 Å². The van der Waals surface area contributed by atoms with E-state index in [4.69, 9.17) is 28.8 Å². The SMILES string of the molecule is NCCC(=O)N1CCN(c2ccncc2NC(=O)c2nc(Cl)c(N)nc2N)CC1. The Bertz CT molecular complexity index is 916. The first kappa shape index (κ1) is 20.6. The number of halogens is 1. The van der Waals surface area contributed by atoms with E-state index < -0.39 is 5.91 Å². The van der Waals surface area contributed by atoms with Crippen LogP contribution in [0.5, 0.6) is 0 Å². The van der Waals surface area contributed by atoms with Crippen molar-refractivity contribution < 1.29 is 9.59 Å². The molecule has 0 spiro atoms. The molecular formula is C17H22ClN9O2. The average molecular weight is 420 g/mol. The van der Waals surface area contributed by atoms with E-state index in [1.165, 1.54) is 6.20 Å². The molecule has 0 radical (unpaired) electrons. The Labute approximate surface area is 172 Å². The maximum atomic E-state index is 12.6. The van der Waals surface area contributed by atoms with Crippen molar-refractivity contribution in [2.45, 2.75) is 6.42 Å². The predicted molar refractivity (Wildman–Crippen MR) is 111 cm³/mol. The van der Waals surface area contributed by atoms with Gasteiger partial charge in [-0.1, -0.05) is 11.6 Å². The second kappa shape index (κ2) is 8.88. The van der Waals surface area contributed by atoms with Crippen LogP contribution in [0.2, 0.25) is 5.15 Å². The Morgan fingerprint density at radius 2 is 1.86 bits per heavy atom. The van der Waals surface area contributed by atoms with Gasteiger partial charge >= 0.3 is 0 Å². The van der Waals surface area contributed by atoms with Crippen molar-refractivity contribution in [3.63, 3.8) is 0 Å². The van der Waals surface area contributed by atoms with Crippen molar-refractivity contribution in [1.82, 2.24) is 19.9 Å². The molecule has 2 aromatic rings. The molecule has 3 rings (SSSR count). The zero-order chi connectivity index (χ0) is 21.0. The third-order valence-electron chi connectivity index (χ3n) is 4.50. The summed E-state index contributed by atoms with van der Waals surface area (Å²) in [6.07, 6.45) is 3.50. The van der Waals surface area contributed by atoms with Crippen LogP contribution in [-0.4, -0.2) is 64.4 Å². The second-order valence-corrected chi connectivity index (χ2v) is 6.74. The van der Waals surface area contributed by atoms with Crippen LogP contribution in [0.25, 0.3) is 0 Å². The van der Waals surface area contributed by atoms with E-state index in [-0.39, 0.29) is 28.4 Å². The van der Waals surface area contributed by atoms with E-state index in [1.54, 1.807) is 17.2 Å². The van der Waals surface area contributed by atoms with Crippen molar-refractivity contribution in [1.29, 1.82) is 0 Å². The van der Waals surface area contributed by atoms with Gasteiger partial charge in [0.2, 0.25) is 5.91 Å². The monoisotopic (exact) mass is 419 g/mol. The van der Waals surface area contributed by atoms with Crippen molar-refractivity contribution >= 4 is 46.4 Å². The minimum absolute atomic E-state index is 0.0460. The third kappa shape index (κ3) is 4.63. The highest BCUT2D eigenvalue weighted by Crippen LogP contribution is 2.27. The molecule has 0 saturated carbocycles. The molecule has 1 aliphatic rings. The number of hydrogen-bond donors (Lipinski definition) is 4. The highest BCUT2D eigenvalue weighted by molar-refractivity contribution is 6.31. The van der Waals surface area contributed by atoms with Crippen LogP contribution in [0.4, 0.5) is 23.0 Å². The highest BCUT2D eigenvalue weighted by Gasteiger charge is 2.23. The summed E-state index contributed by atoms with van der Waals surface area (Å²) >= 11 is 5.85. The van der Waals surface area contributed by atoms with E-state index in [0.29, 0.717) is 44.8 Å². The zero-order valence-electron chi connectivity index (χ0n) is 15.6. The summed E-state index contributed by atoms with van der Waals surface area (Å²) in [5.74, 6) is -0.709. The minimum Gasteiger partial charge on any atom is -0.382 e. The molecule has 1 saturated heterocycles. The van der Waals surface area contributed by atoms with E-state index in [1.807, 2.05) is 0 Å². The molecule has 7 N–H and O–H groups in total. The van der Waals surface area contributed by atoms with Crippen LogP contribution < -0.4 is 27.4 Å². The molecule has 1 aliphatic heterocycles. The van der Waals surface area contributed by atoms with Crippen molar-refractivity contribution in [2.75, 3.05) is 54.4 Å². The number of pyridine rings is 1. The lowest BCUT2D eigenvalue weighted by Crippen LogP contribution is -2.49. The number of anilines is 4. The molecule has 0 aliphatic carbocycles. The van der Waals surface area contributed by atoms with Crippen LogP contribution >= 0.6 is 11.6 Å². The van der Waals surface area contributed by atoms with Gasteiger partial charge in [0.05, 0.1) is 17.6 Å². The van der Waals surface area contributed by atoms with Crippen LogP contribution in [-0.2, 0) is 4.79 Å². The number of nitrogens with two attached hydrogens (primary N) is 3. The maximum absolute atomic E-state index is 12.6. The van der Waals surface area contributed by atoms with Gasteiger partial charge in [-0.05, 0) is 6.07 Å². The standard InChI is InChI=1S/C17H22ClN9O2/c18-14-16(21)25-15(20)13(24-14)17(29)23-10-9-22-4-2-11(10)26-5-7-27(8-6-26)12(28)1-3-19/h2,4,9H,1,3,5-8,19H2,(H,23,29)(H4,20,21,25). The van der Waals surface area contributed by atoms with E-state index in [2.05, 4.69) is 25.2 Å². The third-order valence-corrected chi connectivity index (χ3v) is 4.78. The Morgan fingerprint density at radius 3 is 2.55 bits per heavy atom. The largest absolute Gasteiger partial charge is 0.382 e. The molecule has 1 fully saturated rings. The molecule has 11 nitrogen and oxygen atoms in total. The number of hydrogen-bond acceptors (Lipinski definition) is 9. The van der Waals surface area contributed by atoms with Crippen LogP contribution in [0, 0.1) is 0 Å². The number of piperazine rings is 1. The van der Waals surface area contributed by atoms with Gasteiger partial charge in [-0.15, -0.1) is 0 Å². The number of nitrogens with zero attached hydrogens (tertiary/aromatic N) is 5.